The van der Waals surface area contributed by atoms with Crippen LogP contribution in [0.4, 0.5) is 5.69 Å². The summed E-state index contributed by atoms with van der Waals surface area (Å²) in [7, 11) is 0. The first-order valence-corrected chi connectivity index (χ1v) is 7.43. The maximum atomic E-state index is 5.79. The number of anilines is 1. The average Bonchev–Trinajstić information content (AvgIpc) is 2.80. The zero-order valence-electron chi connectivity index (χ0n) is 11.7. The van der Waals surface area contributed by atoms with Crippen molar-refractivity contribution in [2.24, 2.45) is 11.8 Å². The van der Waals surface area contributed by atoms with E-state index in [1.807, 2.05) is 18.5 Å². The first-order chi connectivity index (χ1) is 9.22. The molecule has 2 N–H and O–H groups in total. The number of aromatic nitrogens is 2. The van der Waals surface area contributed by atoms with E-state index >= 15 is 0 Å². The molecule has 2 aromatic rings. The van der Waals surface area contributed by atoms with Crippen LogP contribution in [0.1, 0.15) is 39.0 Å². The van der Waals surface area contributed by atoms with Gasteiger partial charge in [-0.25, -0.2) is 4.98 Å². The second-order valence-electron chi connectivity index (χ2n) is 6.10. The van der Waals surface area contributed by atoms with Gasteiger partial charge in [-0.1, -0.05) is 32.6 Å². The fraction of sp³-hybridized carbons (Fsp3) is 0.562. The third-order valence-electron chi connectivity index (χ3n) is 4.56. The number of nitrogen functional groups attached to an aromatic ring is 1. The summed E-state index contributed by atoms with van der Waals surface area (Å²) in [5.41, 5.74) is 8.80. The lowest BCUT2D eigenvalue weighted by Gasteiger charge is -2.26. The van der Waals surface area contributed by atoms with Gasteiger partial charge in [-0.05, 0) is 36.5 Å². The van der Waals surface area contributed by atoms with Gasteiger partial charge in [-0.2, -0.15) is 0 Å². The fourth-order valence-corrected chi connectivity index (χ4v) is 3.20. The van der Waals surface area contributed by atoms with E-state index in [4.69, 9.17) is 5.73 Å². The minimum atomic E-state index is 0.791. The van der Waals surface area contributed by atoms with Crippen molar-refractivity contribution in [1.29, 1.82) is 0 Å². The third kappa shape index (κ3) is 2.75. The highest BCUT2D eigenvalue weighted by molar-refractivity contribution is 5.78. The van der Waals surface area contributed by atoms with Crippen molar-refractivity contribution in [3.63, 3.8) is 0 Å². The van der Waals surface area contributed by atoms with Crippen LogP contribution in [0.5, 0.6) is 0 Å². The van der Waals surface area contributed by atoms with Crippen molar-refractivity contribution in [2.75, 3.05) is 5.73 Å². The van der Waals surface area contributed by atoms with Crippen LogP contribution in [0.2, 0.25) is 0 Å². The molecule has 0 amide bonds. The molecule has 1 aromatic heterocycles. The number of nitrogens with two attached hydrogens (primary N) is 1. The van der Waals surface area contributed by atoms with E-state index in [0.717, 1.165) is 29.6 Å². The molecule has 0 aliphatic heterocycles. The van der Waals surface area contributed by atoms with Gasteiger partial charge in [-0.3, -0.25) is 0 Å². The summed E-state index contributed by atoms with van der Waals surface area (Å²) in [4.78, 5) is 4.44. The summed E-state index contributed by atoms with van der Waals surface area (Å²) in [5, 5.41) is 0. The average molecular weight is 257 g/mol. The molecule has 1 heterocycles. The minimum Gasteiger partial charge on any atom is -0.399 e. The molecule has 1 aliphatic carbocycles. The number of hydrogen-bond donors (Lipinski definition) is 1. The number of benzene rings is 1. The summed E-state index contributed by atoms with van der Waals surface area (Å²) in [5.74, 6) is 1.84. The van der Waals surface area contributed by atoms with Crippen LogP contribution in [-0.2, 0) is 6.54 Å². The molecule has 0 spiro atoms. The van der Waals surface area contributed by atoms with Gasteiger partial charge in [-0.15, -0.1) is 0 Å². The molecule has 1 saturated carbocycles. The molecule has 1 aliphatic rings. The molecule has 0 saturated heterocycles. The lowest BCUT2D eigenvalue weighted by molar-refractivity contribution is 0.269. The van der Waals surface area contributed by atoms with Gasteiger partial charge in [0.2, 0.25) is 0 Å². The lowest BCUT2D eigenvalue weighted by Crippen LogP contribution is -2.14. The molecule has 0 unspecified atom stereocenters. The number of imidazole rings is 1. The molecule has 102 valence electrons. The Morgan fingerprint density at radius 2 is 2.05 bits per heavy atom. The van der Waals surface area contributed by atoms with Gasteiger partial charge in [0, 0.05) is 12.2 Å². The molecular weight excluding hydrogens is 234 g/mol. The summed E-state index contributed by atoms with van der Waals surface area (Å²) < 4.78 is 2.27. The Morgan fingerprint density at radius 1 is 1.26 bits per heavy atom. The van der Waals surface area contributed by atoms with E-state index in [2.05, 4.69) is 22.5 Å². The monoisotopic (exact) mass is 257 g/mol. The maximum absolute atomic E-state index is 5.79. The largest absolute Gasteiger partial charge is 0.399 e. The highest BCUT2D eigenvalue weighted by Crippen LogP contribution is 2.31. The zero-order chi connectivity index (χ0) is 13.2. The summed E-state index contributed by atoms with van der Waals surface area (Å²) in [6, 6.07) is 6.00. The molecule has 0 atom stereocenters. The lowest BCUT2D eigenvalue weighted by atomic mass is 9.81. The standard InChI is InChI=1S/C16H23N3/c1-12-2-4-13(5-3-12)8-9-19-11-18-15-10-14(17)6-7-16(15)19/h6-7,10-13H,2-5,8-9,17H2,1H3. The van der Waals surface area contributed by atoms with Crippen molar-refractivity contribution in [3.05, 3.63) is 24.5 Å². The van der Waals surface area contributed by atoms with Gasteiger partial charge in [0.05, 0.1) is 17.4 Å². The Bertz CT molecular complexity index is 550. The summed E-state index contributed by atoms with van der Waals surface area (Å²) >= 11 is 0. The fourth-order valence-electron chi connectivity index (χ4n) is 3.20. The quantitative estimate of drug-likeness (QED) is 0.849. The zero-order valence-corrected chi connectivity index (χ0v) is 11.7. The predicted octanol–water partition coefficient (Wildman–Crippen LogP) is 3.83. The van der Waals surface area contributed by atoms with Crippen molar-refractivity contribution >= 4 is 16.7 Å². The molecule has 1 fully saturated rings. The molecule has 0 radical (unpaired) electrons. The number of nitrogens with zero attached hydrogens (tertiary/aromatic N) is 2. The first kappa shape index (κ1) is 12.5. The maximum Gasteiger partial charge on any atom is 0.0958 e. The molecular formula is C16H23N3. The molecule has 3 rings (SSSR count). The number of fused-ring (bicyclic) bond motifs is 1. The Morgan fingerprint density at radius 3 is 2.84 bits per heavy atom. The van der Waals surface area contributed by atoms with Gasteiger partial charge in [0.1, 0.15) is 0 Å². The van der Waals surface area contributed by atoms with Crippen molar-refractivity contribution in [2.45, 2.75) is 45.6 Å². The van der Waals surface area contributed by atoms with E-state index < -0.39 is 0 Å². The van der Waals surface area contributed by atoms with E-state index in [1.54, 1.807) is 0 Å². The van der Waals surface area contributed by atoms with Crippen LogP contribution in [0.15, 0.2) is 24.5 Å². The Kier molecular flexibility index (Phi) is 3.45. The van der Waals surface area contributed by atoms with Crippen molar-refractivity contribution in [1.82, 2.24) is 9.55 Å². The molecule has 19 heavy (non-hydrogen) atoms. The number of hydrogen-bond acceptors (Lipinski definition) is 2. The predicted molar refractivity (Wildman–Crippen MR) is 79.9 cm³/mol. The van der Waals surface area contributed by atoms with Gasteiger partial charge < -0.3 is 10.3 Å². The van der Waals surface area contributed by atoms with Crippen LogP contribution in [0.25, 0.3) is 11.0 Å². The van der Waals surface area contributed by atoms with Crippen LogP contribution in [0.3, 0.4) is 0 Å². The Hall–Kier alpha value is -1.51. The number of rotatable bonds is 3. The van der Waals surface area contributed by atoms with Crippen LogP contribution in [0, 0.1) is 11.8 Å². The Balaban J connectivity index is 1.65. The normalized spacial score (nSPS) is 23.8. The van der Waals surface area contributed by atoms with E-state index in [-0.39, 0.29) is 0 Å². The summed E-state index contributed by atoms with van der Waals surface area (Å²) in [6.45, 7) is 3.46. The van der Waals surface area contributed by atoms with E-state index in [0.29, 0.717) is 0 Å². The van der Waals surface area contributed by atoms with Crippen molar-refractivity contribution in [3.8, 4) is 0 Å². The first-order valence-electron chi connectivity index (χ1n) is 7.43. The SMILES string of the molecule is CC1CCC(CCn2cnc3cc(N)ccc32)CC1. The Labute approximate surface area is 114 Å². The van der Waals surface area contributed by atoms with E-state index in [1.165, 1.54) is 37.6 Å². The second kappa shape index (κ2) is 5.24. The van der Waals surface area contributed by atoms with Crippen molar-refractivity contribution < 1.29 is 0 Å². The van der Waals surface area contributed by atoms with Gasteiger partial charge in [0.15, 0.2) is 0 Å². The highest BCUT2D eigenvalue weighted by atomic mass is 15.0. The topological polar surface area (TPSA) is 43.8 Å². The molecule has 3 heteroatoms. The highest BCUT2D eigenvalue weighted by Gasteiger charge is 2.18. The van der Waals surface area contributed by atoms with Gasteiger partial charge >= 0.3 is 0 Å². The third-order valence-corrected chi connectivity index (χ3v) is 4.56. The smallest absolute Gasteiger partial charge is 0.0958 e. The minimum absolute atomic E-state index is 0.791. The summed E-state index contributed by atoms with van der Waals surface area (Å²) in [6.07, 6.45) is 8.86. The molecule has 0 bridgehead atoms. The van der Waals surface area contributed by atoms with Crippen LogP contribution in [-0.4, -0.2) is 9.55 Å². The number of aryl methyl sites for hydroxylation is 1. The van der Waals surface area contributed by atoms with Crippen LogP contribution >= 0.6 is 0 Å². The van der Waals surface area contributed by atoms with E-state index in [9.17, 15) is 0 Å². The molecule has 1 aromatic carbocycles. The van der Waals surface area contributed by atoms with Gasteiger partial charge in [0.25, 0.3) is 0 Å². The second-order valence-corrected chi connectivity index (χ2v) is 6.10. The van der Waals surface area contributed by atoms with Crippen LogP contribution < -0.4 is 5.73 Å². The molecule has 3 nitrogen and oxygen atoms in total.